The first-order valence-corrected chi connectivity index (χ1v) is 6.59. The van der Waals surface area contributed by atoms with E-state index in [2.05, 4.69) is 31.2 Å². The highest BCUT2D eigenvalue weighted by atomic mass is 127. The van der Waals surface area contributed by atoms with Gasteiger partial charge in [-0.1, -0.05) is 22.0 Å². The molecule has 0 aliphatic heterocycles. The van der Waals surface area contributed by atoms with Gasteiger partial charge in [-0.3, -0.25) is 0 Å². The minimum atomic E-state index is 1.11. The molecular weight excluding hydrogens is 210 g/mol. The lowest BCUT2D eigenvalue weighted by Gasteiger charge is -1.71. The summed E-state index contributed by atoms with van der Waals surface area (Å²) in [5.74, 6) is 0. The molecule has 0 nitrogen and oxygen atoms in total. The van der Waals surface area contributed by atoms with Crippen LogP contribution in [0.15, 0.2) is 0 Å². The van der Waals surface area contributed by atoms with E-state index in [9.17, 15) is 0 Å². The molecule has 0 bridgehead atoms. The maximum absolute atomic E-state index is 2.70. The third kappa shape index (κ3) is 5.72. The van der Waals surface area contributed by atoms with Crippen molar-refractivity contribution in [2.45, 2.75) is 0 Å². The van der Waals surface area contributed by atoms with Gasteiger partial charge in [-0.25, -0.2) is 0 Å². The molecule has 0 N–H and O–H groups in total. The Morgan fingerprint density at radius 1 is 1.80 bits per heavy atom. The highest BCUT2D eigenvalue weighted by Gasteiger charge is 1.77. The summed E-state index contributed by atoms with van der Waals surface area (Å²) in [6.45, 7) is 2.63. The Bertz CT molecular complexity index is 15.1. The van der Waals surface area contributed by atoms with Crippen molar-refractivity contribution in [3.05, 3.63) is 0 Å². The van der Waals surface area contributed by atoms with Crippen LogP contribution in [0.3, 0.4) is 0 Å². The van der Waals surface area contributed by atoms with Gasteiger partial charge < -0.3 is 0 Å². The monoisotopic (exact) mass is 216 g/mol. The fraction of sp³-hybridized carbons (Fsp3) is 0. The van der Waals surface area contributed by atoms with E-state index in [1.807, 2.05) is 0 Å². The summed E-state index contributed by atoms with van der Waals surface area (Å²) in [6.07, 6.45) is 1.11. The summed E-state index contributed by atoms with van der Waals surface area (Å²) in [7, 11) is 2.70. The second kappa shape index (κ2) is 5.72. The Hall–Kier alpha value is 1.72. The van der Waals surface area contributed by atoms with Crippen LogP contribution in [-0.2, 0) is 0 Å². The quantitative estimate of drug-likeness (QED) is 0.358. The molecule has 0 radical (unpaired) electrons. The summed E-state index contributed by atoms with van der Waals surface area (Å²) < 4.78 is 0. The summed E-state index contributed by atoms with van der Waals surface area (Å²) in [4.78, 5) is 0. The van der Waals surface area contributed by atoms with Crippen molar-refractivity contribution < 1.29 is 0 Å². The minimum Gasteiger partial charge on any atom is -0.183 e. The fourth-order valence-electron chi connectivity index (χ4n) is 0.0546. The second-order valence-electron chi connectivity index (χ2n) is 0.672. The van der Waals surface area contributed by atoms with Crippen LogP contribution in [0, 0.1) is 0 Å². The molecule has 0 heterocycles. The minimum absolute atomic E-state index is 1.11. The second-order valence-corrected chi connectivity index (χ2v) is 4.31. The average molecular weight is 216 g/mol. The van der Waals surface area contributed by atoms with Crippen LogP contribution in [0.4, 0.5) is 0 Å². The summed E-state index contributed by atoms with van der Waals surface area (Å²) in [6, 6.07) is 0. The van der Waals surface area contributed by atoms with Gasteiger partial charge in [0.25, 0.3) is 0 Å². The Kier molecular flexibility index (Phi) is 7.69. The lowest BCUT2D eigenvalue weighted by atomic mass is 9.76. The van der Waals surface area contributed by atoms with E-state index in [0.717, 1.165) is 6.10 Å². The predicted octanol–water partition coefficient (Wildman–Crippen LogP) is 0.508. The van der Waals surface area contributed by atoms with E-state index in [0.29, 0.717) is 0 Å². The van der Waals surface area contributed by atoms with Crippen LogP contribution in [0.25, 0.3) is 0 Å². The van der Waals surface area contributed by atoms with Gasteiger partial charge in [0.05, 0.1) is 0 Å². The molecule has 2 atom stereocenters. The zero-order chi connectivity index (χ0) is 4.12. The molecule has 0 spiro atoms. The predicted molar refractivity (Wildman–Crippen MR) is 46.3 cm³/mol. The molecular formula is H5B2IP2. The lowest BCUT2D eigenvalue weighted by Crippen LogP contribution is -1.79. The van der Waals surface area contributed by atoms with Gasteiger partial charge in [0.1, 0.15) is 13.8 Å². The van der Waals surface area contributed by atoms with Gasteiger partial charge in [0.2, 0.25) is 0 Å². The fourth-order valence-corrected chi connectivity index (χ4v) is 3.29. The number of halogens is 1. The zero-order valence-electron chi connectivity index (χ0n) is 2.87. The van der Waals surface area contributed by atoms with Crippen molar-refractivity contribution in [2.24, 2.45) is 0 Å². The van der Waals surface area contributed by atoms with Crippen molar-refractivity contribution in [1.82, 2.24) is 0 Å². The third-order valence-electron chi connectivity index (χ3n) is 0.239. The molecule has 0 aromatic heterocycles. The van der Waals surface area contributed by atoms with Crippen molar-refractivity contribution >= 4 is 51.0 Å². The van der Waals surface area contributed by atoms with E-state index in [-0.39, 0.29) is 0 Å². The van der Waals surface area contributed by atoms with Gasteiger partial charge in [0, 0.05) is 0 Å². The molecule has 0 saturated heterocycles. The van der Waals surface area contributed by atoms with Gasteiger partial charge in [-0.05, 0) is 0 Å². The molecule has 2 unspecified atom stereocenters. The SMILES string of the molecule is PBBPI. The Morgan fingerprint density at radius 3 is 2.40 bits per heavy atom. The highest BCUT2D eigenvalue weighted by Crippen LogP contribution is 2.16. The summed E-state index contributed by atoms with van der Waals surface area (Å²) >= 11 is 2.40. The molecule has 0 saturated carbocycles. The summed E-state index contributed by atoms with van der Waals surface area (Å²) in [5, 5.41) is 0. The molecule has 0 aromatic rings. The van der Waals surface area contributed by atoms with Crippen LogP contribution in [0.5, 0.6) is 0 Å². The lowest BCUT2D eigenvalue weighted by molar-refractivity contribution is 4.36. The van der Waals surface area contributed by atoms with Gasteiger partial charge in [-0.15, -0.1) is 6.10 Å². The van der Waals surface area contributed by atoms with E-state index >= 15 is 0 Å². The van der Waals surface area contributed by atoms with Crippen LogP contribution in [0.2, 0.25) is 0 Å². The van der Waals surface area contributed by atoms with Crippen molar-refractivity contribution in [3.63, 3.8) is 0 Å². The maximum Gasteiger partial charge on any atom is 0.132 e. The molecule has 0 aliphatic carbocycles. The van der Waals surface area contributed by atoms with Crippen molar-refractivity contribution in [3.8, 4) is 0 Å². The van der Waals surface area contributed by atoms with Crippen LogP contribution < -0.4 is 0 Å². The largest absolute Gasteiger partial charge is 0.183 e. The Morgan fingerprint density at radius 2 is 2.40 bits per heavy atom. The van der Waals surface area contributed by atoms with Crippen LogP contribution >= 0.6 is 37.3 Å². The molecule has 5 heteroatoms. The Balaban J connectivity index is 2.19. The first-order valence-electron chi connectivity index (χ1n) is 1.45. The van der Waals surface area contributed by atoms with E-state index in [1.165, 1.54) is 13.8 Å². The number of hydrogen-bond donors (Lipinski definition) is 0. The molecule has 28 valence electrons. The molecule has 5 heavy (non-hydrogen) atoms. The maximum atomic E-state index is 2.70. The number of hydrogen-bond acceptors (Lipinski definition) is 0. The van der Waals surface area contributed by atoms with Crippen molar-refractivity contribution in [1.29, 1.82) is 0 Å². The molecule has 0 rings (SSSR count). The van der Waals surface area contributed by atoms with Crippen LogP contribution in [-0.4, -0.2) is 13.8 Å². The standard InChI is InChI=1S/B2H5IP2/c3-5-2-1-4/h1-2,5H,4H2. The zero-order valence-corrected chi connectivity index (χ0v) is 7.18. The first kappa shape index (κ1) is 6.72. The first-order chi connectivity index (χ1) is 2.41. The Labute approximate surface area is 51.1 Å². The number of rotatable bonds is 2. The summed E-state index contributed by atoms with van der Waals surface area (Å²) in [5.41, 5.74) is 0. The van der Waals surface area contributed by atoms with Gasteiger partial charge >= 0.3 is 0 Å². The van der Waals surface area contributed by atoms with E-state index in [1.54, 1.807) is 0 Å². The van der Waals surface area contributed by atoms with E-state index < -0.39 is 0 Å². The molecule has 0 aliphatic rings. The van der Waals surface area contributed by atoms with Crippen LogP contribution in [0.1, 0.15) is 0 Å². The average Bonchev–Trinajstić information content (AvgIpc) is 1.41. The van der Waals surface area contributed by atoms with Crippen molar-refractivity contribution in [2.75, 3.05) is 0 Å². The molecule has 0 fully saturated rings. The third-order valence-corrected chi connectivity index (χ3v) is 3.20. The highest BCUT2D eigenvalue weighted by molar-refractivity contribution is 14.2. The van der Waals surface area contributed by atoms with Gasteiger partial charge in [-0.2, -0.15) is 9.12 Å². The molecule has 0 aromatic carbocycles. The normalized spacial score (nSPS) is 9.20. The molecule has 0 amide bonds. The topological polar surface area (TPSA) is 0 Å². The smallest absolute Gasteiger partial charge is 0.132 e. The van der Waals surface area contributed by atoms with E-state index in [4.69, 9.17) is 0 Å². The van der Waals surface area contributed by atoms with Gasteiger partial charge in [0.15, 0.2) is 0 Å².